The van der Waals surface area contributed by atoms with Crippen LogP contribution in [0, 0.1) is 5.92 Å². The lowest BCUT2D eigenvalue weighted by Crippen LogP contribution is -2.21. The van der Waals surface area contributed by atoms with Gasteiger partial charge < -0.3 is 0 Å². The van der Waals surface area contributed by atoms with Crippen molar-refractivity contribution in [2.24, 2.45) is 5.92 Å². The van der Waals surface area contributed by atoms with Crippen molar-refractivity contribution < 1.29 is 8.42 Å². The Bertz CT molecular complexity index is 691. The van der Waals surface area contributed by atoms with Gasteiger partial charge in [-0.25, -0.2) is 13.4 Å². The summed E-state index contributed by atoms with van der Waals surface area (Å²) in [6, 6.07) is 8.18. The van der Waals surface area contributed by atoms with Gasteiger partial charge in [0.25, 0.3) is 0 Å². The van der Waals surface area contributed by atoms with Crippen molar-refractivity contribution in [3.05, 3.63) is 29.3 Å². The average molecular weight is 324 g/mol. The molecular weight excluding hydrogens is 304 g/mol. The molecule has 4 nitrogen and oxygen atoms in total. The van der Waals surface area contributed by atoms with Crippen LogP contribution in [0.15, 0.2) is 24.3 Å². The number of hydrogen-bond acceptors (Lipinski definition) is 5. The SMILES string of the molecule is CN(CC[C@@H]1CCS(=O)(=O)C1)Cc1nc2ccccc2s1. The van der Waals surface area contributed by atoms with Crippen molar-refractivity contribution in [3.63, 3.8) is 0 Å². The van der Waals surface area contributed by atoms with Crippen LogP contribution in [-0.4, -0.2) is 43.4 Å². The predicted octanol–water partition coefficient (Wildman–Crippen LogP) is 2.55. The highest BCUT2D eigenvalue weighted by molar-refractivity contribution is 7.91. The van der Waals surface area contributed by atoms with E-state index in [4.69, 9.17) is 0 Å². The largest absolute Gasteiger partial charge is 0.300 e. The van der Waals surface area contributed by atoms with Crippen LogP contribution >= 0.6 is 11.3 Å². The zero-order chi connectivity index (χ0) is 14.9. The van der Waals surface area contributed by atoms with E-state index in [1.807, 2.05) is 18.2 Å². The van der Waals surface area contributed by atoms with Crippen LogP contribution in [-0.2, 0) is 16.4 Å². The van der Waals surface area contributed by atoms with Crippen molar-refractivity contribution in [2.45, 2.75) is 19.4 Å². The van der Waals surface area contributed by atoms with E-state index in [0.717, 1.165) is 36.5 Å². The molecule has 3 rings (SSSR count). The van der Waals surface area contributed by atoms with E-state index in [2.05, 4.69) is 23.0 Å². The Balaban J connectivity index is 1.53. The summed E-state index contributed by atoms with van der Waals surface area (Å²) >= 11 is 1.73. The molecular formula is C15H20N2O2S2. The second-order valence-electron chi connectivity index (χ2n) is 5.87. The van der Waals surface area contributed by atoms with E-state index in [-0.39, 0.29) is 0 Å². The summed E-state index contributed by atoms with van der Waals surface area (Å²) in [7, 11) is -0.669. The highest BCUT2D eigenvalue weighted by Gasteiger charge is 2.27. The number of fused-ring (bicyclic) bond motifs is 1. The predicted molar refractivity (Wildman–Crippen MR) is 87.3 cm³/mol. The molecule has 21 heavy (non-hydrogen) atoms. The fraction of sp³-hybridized carbons (Fsp3) is 0.533. The van der Waals surface area contributed by atoms with Gasteiger partial charge in [0.15, 0.2) is 9.84 Å². The molecule has 0 N–H and O–H groups in total. The molecule has 114 valence electrons. The molecule has 0 spiro atoms. The van der Waals surface area contributed by atoms with Gasteiger partial charge in [0.1, 0.15) is 5.01 Å². The smallest absolute Gasteiger partial charge is 0.150 e. The van der Waals surface area contributed by atoms with Gasteiger partial charge in [0, 0.05) is 0 Å². The Labute approximate surface area is 129 Å². The minimum absolute atomic E-state index is 0.341. The van der Waals surface area contributed by atoms with Crippen LogP contribution < -0.4 is 0 Å². The third-order valence-corrected chi connectivity index (χ3v) is 6.85. The topological polar surface area (TPSA) is 50.3 Å². The number of nitrogens with zero attached hydrogens (tertiary/aromatic N) is 2. The highest BCUT2D eigenvalue weighted by Crippen LogP contribution is 2.24. The molecule has 1 fully saturated rings. The molecule has 1 atom stereocenters. The maximum absolute atomic E-state index is 11.5. The fourth-order valence-corrected chi connectivity index (χ4v) is 5.76. The van der Waals surface area contributed by atoms with Gasteiger partial charge in [-0.1, -0.05) is 12.1 Å². The first kappa shape index (κ1) is 14.9. The molecule has 0 amide bonds. The summed E-state index contributed by atoms with van der Waals surface area (Å²) in [5.41, 5.74) is 1.06. The third-order valence-electron chi connectivity index (χ3n) is 3.99. The van der Waals surface area contributed by atoms with Crippen molar-refractivity contribution in [1.82, 2.24) is 9.88 Å². The van der Waals surface area contributed by atoms with Crippen LogP contribution in [0.4, 0.5) is 0 Å². The average Bonchev–Trinajstić information content (AvgIpc) is 2.98. The first-order valence-electron chi connectivity index (χ1n) is 7.25. The lowest BCUT2D eigenvalue weighted by molar-refractivity contribution is 0.299. The maximum atomic E-state index is 11.5. The normalized spacial score (nSPS) is 21.3. The second kappa shape index (κ2) is 6.02. The number of aromatic nitrogens is 1. The van der Waals surface area contributed by atoms with E-state index in [1.54, 1.807) is 11.3 Å². The second-order valence-corrected chi connectivity index (χ2v) is 9.21. The summed E-state index contributed by atoms with van der Waals surface area (Å²) in [5.74, 6) is 1.09. The third kappa shape index (κ3) is 3.81. The molecule has 2 heterocycles. The number of para-hydroxylation sites is 1. The van der Waals surface area contributed by atoms with E-state index in [0.29, 0.717) is 17.4 Å². The number of hydrogen-bond donors (Lipinski definition) is 0. The minimum atomic E-state index is -2.75. The first-order valence-corrected chi connectivity index (χ1v) is 9.89. The summed E-state index contributed by atoms with van der Waals surface area (Å²) in [5, 5.41) is 1.12. The standard InChI is InChI=1S/C15H20N2O2S2/c1-17(8-6-12-7-9-21(18,19)11-12)10-15-16-13-4-2-3-5-14(13)20-15/h2-5,12H,6-11H2,1H3/t12-/m1/s1. The molecule has 1 saturated heterocycles. The lowest BCUT2D eigenvalue weighted by Gasteiger charge is -2.17. The fourth-order valence-electron chi connectivity index (χ4n) is 2.80. The van der Waals surface area contributed by atoms with Crippen molar-refractivity contribution in [3.8, 4) is 0 Å². The molecule has 1 aromatic carbocycles. The quantitative estimate of drug-likeness (QED) is 0.848. The van der Waals surface area contributed by atoms with Crippen molar-refractivity contribution >= 4 is 31.4 Å². The molecule has 0 radical (unpaired) electrons. The van der Waals surface area contributed by atoms with Gasteiger partial charge in [-0.15, -0.1) is 11.3 Å². The summed E-state index contributed by atoms with van der Waals surface area (Å²) in [6.07, 6.45) is 1.79. The van der Waals surface area contributed by atoms with Crippen LogP contribution in [0.2, 0.25) is 0 Å². The Morgan fingerprint density at radius 1 is 1.38 bits per heavy atom. The highest BCUT2D eigenvalue weighted by atomic mass is 32.2. The van der Waals surface area contributed by atoms with E-state index < -0.39 is 9.84 Å². The van der Waals surface area contributed by atoms with Gasteiger partial charge in [0.05, 0.1) is 28.3 Å². The zero-order valence-electron chi connectivity index (χ0n) is 12.2. The Kier molecular flexibility index (Phi) is 4.28. The van der Waals surface area contributed by atoms with Crippen LogP contribution in [0.3, 0.4) is 0 Å². The van der Waals surface area contributed by atoms with Crippen molar-refractivity contribution in [2.75, 3.05) is 25.1 Å². The molecule has 0 bridgehead atoms. The molecule has 2 aromatic rings. The minimum Gasteiger partial charge on any atom is -0.300 e. The van der Waals surface area contributed by atoms with Crippen LogP contribution in [0.1, 0.15) is 17.8 Å². The molecule has 1 aromatic heterocycles. The van der Waals surface area contributed by atoms with Crippen molar-refractivity contribution in [1.29, 1.82) is 0 Å². The molecule has 6 heteroatoms. The molecule has 1 aliphatic heterocycles. The van der Waals surface area contributed by atoms with Gasteiger partial charge in [-0.05, 0) is 44.5 Å². The van der Waals surface area contributed by atoms with Crippen LogP contribution in [0.5, 0.6) is 0 Å². The molecule has 1 aliphatic rings. The van der Waals surface area contributed by atoms with E-state index >= 15 is 0 Å². The van der Waals surface area contributed by atoms with E-state index in [9.17, 15) is 8.42 Å². The number of benzene rings is 1. The van der Waals surface area contributed by atoms with Gasteiger partial charge >= 0.3 is 0 Å². The number of thiazole rings is 1. The zero-order valence-corrected chi connectivity index (χ0v) is 13.8. The first-order chi connectivity index (χ1) is 10.0. The Hall–Kier alpha value is -0.980. The Morgan fingerprint density at radius 2 is 2.19 bits per heavy atom. The molecule has 0 saturated carbocycles. The van der Waals surface area contributed by atoms with Gasteiger partial charge in [-0.3, -0.25) is 4.90 Å². The van der Waals surface area contributed by atoms with Gasteiger partial charge in [0.2, 0.25) is 0 Å². The van der Waals surface area contributed by atoms with Crippen LogP contribution in [0.25, 0.3) is 10.2 Å². The van der Waals surface area contributed by atoms with E-state index in [1.165, 1.54) is 4.70 Å². The maximum Gasteiger partial charge on any atom is 0.150 e. The summed E-state index contributed by atoms with van der Waals surface area (Å²) in [6.45, 7) is 1.76. The Morgan fingerprint density at radius 3 is 2.90 bits per heavy atom. The molecule has 0 unspecified atom stereocenters. The summed E-state index contributed by atoms with van der Waals surface area (Å²) < 4.78 is 24.1. The summed E-state index contributed by atoms with van der Waals surface area (Å²) in [4.78, 5) is 6.88. The molecule has 0 aliphatic carbocycles. The number of rotatable bonds is 5. The number of sulfone groups is 1. The van der Waals surface area contributed by atoms with Gasteiger partial charge in [-0.2, -0.15) is 0 Å². The monoisotopic (exact) mass is 324 g/mol. The lowest BCUT2D eigenvalue weighted by atomic mass is 10.1.